The predicted octanol–water partition coefficient (Wildman–Crippen LogP) is 7.29. The molecular weight excluding hydrogens is 379 g/mol. The van der Waals surface area contributed by atoms with Crippen LogP contribution in [0.25, 0.3) is 0 Å². The van der Waals surface area contributed by atoms with E-state index >= 15 is 0 Å². The molecule has 0 saturated carbocycles. The lowest BCUT2D eigenvalue weighted by Gasteiger charge is -2.26. The summed E-state index contributed by atoms with van der Waals surface area (Å²) in [5.74, 6) is 0. The van der Waals surface area contributed by atoms with Crippen LogP contribution in [-0.2, 0) is 0 Å². The molecule has 3 rings (SSSR count). The molecule has 0 saturated heterocycles. The second kappa shape index (κ2) is 12.5. The maximum absolute atomic E-state index is 2.47. The average molecular weight is 416 g/mol. The molecule has 3 aromatic rings. The minimum absolute atomic E-state index is 1.08. The average Bonchev–Trinajstić information content (AvgIpc) is 2.82. The molecule has 30 heavy (non-hydrogen) atoms. The van der Waals surface area contributed by atoms with Crippen molar-refractivity contribution < 1.29 is 0 Å². The van der Waals surface area contributed by atoms with Gasteiger partial charge in [-0.2, -0.15) is 0 Å². The summed E-state index contributed by atoms with van der Waals surface area (Å²) in [7, 11) is -1.71. The molecule has 0 aliphatic heterocycles. The van der Waals surface area contributed by atoms with Gasteiger partial charge in [0.15, 0.2) is 0 Å². The van der Waals surface area contributed by atoms with Gasteiger partial charge in [-0.1, -0.05) is 106 Å². The first-order chi connectivity index (χ1) is 14.9. The van der Waals surface area contributed by atoms with Crippen molar-refractivity contribution in [3.8, 4) is 0 Å². The topological polar surface area (TPSA) is 0 Å². The van der Waals surface area contributed by atoms with Gasteiger partial charge in [0.2, 0.25) is 0 Å². The van der Waals surface area contributed by atoms with Gasteiger partial charge in [-0.25, -0.2) is 0 Å². The van der Waals surface area contributed by atoms with E-state index in [4.69, 9.17) is 0 Å². The quantitative estimate of drug-likeness (QED) is 0.165. The Hall–Kier alpha value is -2.17. The first-order valence-corrected chi connectivity index (χ1v) is 13.6. The highest BCUT2D eigenvalue weighted by molar-refractivity contribution is 7.95. The van der Waals surface area contributed by atoms with Crippen LogP contribution in [0.5, 0.6) is 0 Å². The van der Waals surface area contributed by atoms with Crippen molar-refractivity contribution in [2.24, 2.45) is 0 Å². The Kier molecular flexibility index (Phi) is 9.39. The summed E-state index contributed by atoms with van der Waals surface area (Å²) in [6.45, 7) is 2.28. The Labute approximate surface area is 184 Å². The molecule has 0 atom stereocenters. The van der Waals surface area contributed by atoms with Crippen LogP contribution in [0.3, 0.4) is 0 Å². The van der Waals surface area contributed by atoms with E-state index in [9.17, 15) is 0 Å². The van der Waals surface area contributed by atoms with Crippen molar-refractivity contribution in [3.05, 3.63) is 103 Å². The Morgan fingerprint density at radius 2 is 0.967 bits per heavy atom. The molecular formula is C29H36P+. The third kappa shape index (κ3) is 5.93. The Bertz CT molecular complexity index is 756. The van der Waals surface area contributed by atoms with Gasteiger partial charge < -0.3 is 0 Å². The fourth-order valence-electron chi connectivity index (χ4n) is 4.20. The van der Waals surface area contributed by atoms with Crippen LogP contribution in [0.2, 0.25) is 0 Å². The van der Waals surface area contributed by atoms with E-state index in [2.05, 4.69) is 110 Å². The molecule has 3 aromatic carbocycles. The number of hydrogen-bond donors (Lipinski definition) is 0. The molecule has 0 unspecified atom stereocenters. The summed E-state index contributed by atoms with van der Waals surface area (Å²) < 4.78 is 0. The molecule has 0 radical (unpaired) electrons. The van der Waals surface area contributed by atoms with Gasteiger partial charge in [-0.05, 0) is 49.2 Å². The Morgan fingerprint density at radius 1 is 0.533 bits per heavy atom. The van der Waals surface area contributed by atoms with Crippen molar-refractivity contribution >= 4 is 23.2 Å². The molecule has 1 heteroatoms. The second-order valence-electron chi connectivity index (χ2n) is 8.03. The zero-order valence-electron chi connectivity index (χ0n) is 18.4. The van der Waals surface area contributed by atoms with Gasteiger partial charge in [0.1, 0.15) is 23.2 Å². The van der Waals surface area contributed by atoms with E-state index in [1.807, 2.05) is 0 Å². The monoisotopic (exact) mass is 415 g/mol. The molecule has 0 aromatic heterocycles. The highest BCUT2D eigenvalue weighted by Crippen LogP contribution is 2.55. The zero-order chi connectivity index (χ0) is 20.9. The molecule has 0 spiro atoms. The summed E-state index contributed by atoms with van der Waals surface area (Å²) in [5, 5.41) is 4.39. The van der Waals surface area contributed by atoms with Crippen LogP contribution in [0.1, 0.15) is 51.9 Å². The van der Waals surface area contributed by atoms with Gasteiger partial charge in [-0.15, -0.1) is 0 Å². The molecule has 0 aliphatic carbocycles. The maximum atomic E-state index is 2.47. The highest BCUT2D eigenvalue weighted by atomic mass is 31.2. The minimum Gasteiger partial charge on any atom is -0.0849 e. The van der Waals surface area contributed by atoms with Gasteiger partial charge in [0.25, 0.3) is 0 Å². The molecule has 156 valence electrons. The number of benzene rings is 3. The van der Waals surface area contributed by atoms with Gasteiger partial charge in [-0.3, -0.25) is 0 Å². The lowest BCUT2D eigenvalue weighted by molar-refractivity contribution is 0.611. The fourth-order valence-corrected chi connectivity index (χ4v) is 8.24. The zero-order valence-corrected chi connectivity index (χ0v) is 19.3. The highest BCUT2D eigenvalue weighted by Gasteiger charge is 2.43. The minimum atomic E-state index is -1.71. The molecule has 0 aliphatic rings. The number of unbranched alkanes of at least 4 members (excludes halogenated alkanes) is 6. The lowest BCUT2D eigenvalue weighted by atomic mass is 10.1. The van der Waals surface area contributed by atoms with E-state index in [0.717, 1.165) is 6.16 Å². The summed E-state index contributed by atoms with van der Waals surface area (Å²) in [6, 6.07) is 33.5. The van der Waals surface area contributed by atoms with Crippen molar-refractivity contribution in [1.29, 1.82) is 0 Å². The molecule has 0 nitrogen and oxygen atoms in total. The Morgan fingerprint density at radius 3 is 1.43 bits per heavy atom. The smallest absolute Gasteiger partial charge is 0.0849 e. The van der Waals surface area contributed by atoms with E-state index in [-0.39, 0.29) is 0 Å². The summed E-state index contributed by atoms with van der Waals surface area (Å²) in [5.41, 5.74) is 0. The standard InChI is InChI=1S/C29H36P/c1-2-3-4-5-6-7-8-9-19-26-30(27-20-13-10-14-21-27,28-22-15-11-16-23-28)29-24-17-12-18-25-29/h9-25H,2-8,26H2,1H3/q+1/b19-9-. The van der Waals surface area contributed by atoms with Crippen LogP contribution in [0.15, 0.2) is 103 Å². The van der Waals surface area contributed by atoms with Gasteiger partial charge in [0, 0.05) is 0 Å². The van der Waals surface area contributed by atoms with Crippen molar-refractivity contribution in [2.75, 3.05) is 6.16 Å². The second-order valence-corrected chi connectivity index (χ2v) is 11.6. The third-order valence-corrected chi connectivity index (χ3v) is 10.2. The van der Waals surface area contributed by atoms with E-state index in [1.165, 1.54) is 60.9 Å². The largest absolute Gasteiger partial charge is 0.115 e. The first-order valence-electron chi connectivity index (χ1n) is 11.6. The molecule has 0 bridgehead atoms. The van der Waals surface area contributed by atoms with Crippen molar-refractivity contribution in [1.82, 2.24) is 0 Å². The molecule has 0 heterocycles. The molecule has 0 N–H and O–H groups in total. The van der Waals surface area contributed by atoms with Crippen LogP contribution in [-0.4, -0.2) is 6.16 Å². The van der Waals surface area contributed by atoms with Crippen molar-refractivity contribution in [3.63, 3.8) is 0 Å². The van der Waals surface area contributed by atoms with Gasteiger partial charge in [0.05, 0.1) is 6.16 Å². The van der Waals surface area contributed by atoms with Crippen LogP contribution >= 0.6 is 7.26 Å². The van der Waals surface area contributed by atoms with Crippen LogP contribution < -0.4 is 15.9 Å². The Balaban J connectivity index is 1.84. The lowest BCUT2D eigenvalue weighted by Crippen LogP contribution is -2.32. The number of hydrogen-bond acceptors (Lipinski definition) is 0. The summed E-state index contributed by atoms with van der Waals surface area (Å²) in [6.07, 6.45) is 15.3. The molecule has 0 amide bonds. The number of allylic oxidation sites excluding steroid dienone is 2. The van der Waals surface area contributed by atoms with Gasteiger partial charge >= 0.3 is 0 Å². The third-order valence-electron chi connectivity index (χ3n) is 5.86. The van der Waals surface area contributed by atoms with E-state index in [1.54, 1.807) is 0 Å². The number of rotatable bonds is 12. The fraction of sp³-hybridized carbons (Fsp3) is 0.310. The van der Waals surface area contributed by atoms with E-state index in [0.29, 0.717) is 0 Å². The van der Waals surface area contributed by atoms with Crippen molar-refractivity contribution in [2.45, 2.75) is 51.9 Å². The SMILES string of the molecule is CCCCCCCC/C=C\C[P+](c1ccccc1)(c1ccccc1)c1ccccc1. The molecule has 0 fully saturated rings. The van der Waals surface area contributed by atoms with Crippen LogP contribution in [0, 0.1) is 0 Å². The van der Waals surface area contributed by atoms with E-state index < -0.39 is 7.26 Å². The normalized spacial score (nSPS) is 11.8. The summed E-state index contributed by atoms with van der Waals surface area (Å²) in [4.78, 5) is 0. The summed E-state index contributed by atoms with van der Waals surface area (Å²) >= 11 is 0. The maximum Gasteiger partial charge on any atom is 0.115 e. The predicted molar refractivity (Wildman–Crippen MR) is 137 cm³/mol. The van der Waals surface area contributed by atoms with Crippen LogP contribution in [0.4, 0.5) is 0 Å². The first kappa shape index (κ1) is 22.5.